The summed E-state index contributed by atoms with van der Waals surface area (Å²) in [5.41, 5.74) is 1.46. The summed E-state index contributed by atoms with van der Waals surface area (Å²) in [5.74, 6) is -3.39. The van der Waals surface area contributed by atoms with E-state index in [9.17, 15) is 24.3 Å². The lowest BCUT2D eigenvalue weighted by molar-refractivity contribution is -0.854. The van der Waals surface area contributed by atoms with Gasteiger partial charge in [-0.2, -0.15) is 0 Å². The first-order chi connectivity index (χ1) is 19.5. The maximum absolute atomic E-state index is 13.7. The Morgan fingerprint density at radius 1 is 1.00 bits per heavy atom. The number of morpholine rings is 1. The number of aromatic nitrogens is 1. The molecule has 218 valence electrons. The molecule has 0 saturated carbocycles. The molecular weight excluding hydrogens is 531 g/mol. The number of nitrogens with zero attached hydrogens (tertiary/aromatic N) is 2. The molecule has 0 unspecified atom stereocenters. The topological polar surface area (TPSA) is 153 Å². The number of carbonyl (C=O) groups excluding carboxylic acids is 4. The van der Waals surface area contributed by atoms with Crippen LogP contribution >= 0.6 is 0 Å². The SMILES string of the molecule is CC(C)C[C@H](NC(=O)[C@@H](NC(=O)c1cccc(-c2ccccc2)n1)[C@@H](C)O)[B-]12OC(=O)[C@@H]3COC[C@@H](C(=O)O1)[N+]32C. The summed E-state index contributed by atoms with van der Waals surface area (Å²) in [4.78, 5) is 57.2. The van der Waals surface area contributed by atoms with Crippen LogP contribution in [0.5, 0.6) is 0 Å². The standard InChI is InChI=1S/C28H35BN4O8/c1-16(2)13-23(29-33(4)21(27(37)40-29)14-39-15-22(33)28(38)41-29)31-26(36)24(17(3)34)32-25(35)20-12-8-11-19(30-20)18-9-6-5-7-10-18/h5-12,16-17,21-24,34H,13-15H2,1-4H3,(H,31,36)(H,32,35)/t17-,21+,22+,23+,24+,29?,33?/m1/s1. The molecule has 5 atom stereocenters. The second kappa shape index (κ2) is 10.9. The summed E-state index contributed by atoms with van der Waals surface area (Å²) >= 11 is 0. The molecule has 3 aliphatic heterocycles. The monoisotopic (exact) mass is 566 g/mol. The number of ether oxygens (including phenoxy) is 1. The van der Waals surface area contributed by atoms with Gasteiger partial charge >= 0.3 is 18.6 Å². The first-order valence-corrected chi connectivity index (χ1v) is 13.8. The average molecular weight is 566 g/mol. The number of amides is 2. The smallest absolute Gasteiger partial charge is 0.599 e. The first-order valence-electron chi connectivity index (χ1n) is 13.8. The lowest BCUT2D eigenvalue weighted by Gasteiger charge is -2.51. The molecule has 41 heavy (non-hydrogen) atoms. The minimum atomic E-state index is -2.71. The van der Waals surface area contributed by atoms with Gasteiger partial charge in [0.05, 0.1) is 17.7 Å². The Balaban J connectivity index is 1.40. The van der Waals surface area contributed by atoms with Gasteiger partial charge in [-0.1, -0.05) is 50.2 Å². The fourth-order valence-electron chi connectivity index (χ4n) is 6.28. The van der Waals surface area contributed by atoms with Crippen LogP contribution in [-0.4, -0.2) is 95.4 Å². The molecule has 1 aromatic heterocycles. The van der Waals surface area contributed by atoms with Crippen molar-refractivity contribution >= 4 is 30.4 Å². The Labute approximate surface area is 237 Å². The third-order valence-electron chi connectivity index (χ3n) is 8.45. The molecule has 3 saturated heterocycles. The van der Waals surface area contributed by atoms with Crippen molar-refractivity contribution in [2.24, 2.45) is 5.92 Å². The predicted molar refractivity (Wildman–Crippen MR) is 147 cm³/mol. The van der Waals surface area contributed by atoms with Crippen molar-refractivity contribution in [1.82, 2.24) is 15.6 Å². The minimum Gasteiger partial charge on any atom is -0.599 e. The second-order valence-electron chi connectivity index (χ2n) is 11.6. The van der Waals surface area contributed by atoms with Crippen LogP contribution in [0.2, 0.25) is 0 Å². The molecule has 0 bridgehead atoms. The molecule has 13 heteroatoms. The highest BCUT2D eigenvalue weighted by molar-refractivity contribution is 6.68. The highest BCUT2D eigenvalue weighted by Crippen LogP contribution is 2.46. The third-order valence-corrected chi connectivity index (χ3v) is 8.45. The summed E-state index contributed by atoms with van der Waals surface area (Å²) in [5, 5.41) is 16.0. The number of hydrogen-bond acceptors (Lipinski definition) is 9. The molecule has 5 rings (SSSR count). The van der Waals surface area contributed by atoms with Gasteiger partial charge in [-0.25, -0.2) is 14.6 Å². The van der Waals surface area contributed by atoms with Crippen molar-refractivity contribution < 1.29 is 42.7 Å². The second-order valence-corrected chi connectivity index (χ2v) is 11.6. The van der Waals surface area contributed by atoms with Gasteiger partial charge in [0.2, 0.25) is 5.91 Å². The van der Waals surface area contributed by atoms with Gasteiger partial charge in [0.1, 0.15) is 24.9 Å². The molecule has 4 heterocycles. The van der Waals surface area contributed by atoms with E-state index in [4.69, 9.17) is 14.0 Å². The number of likely N-dealkylation sites (N-methyl/N-ethyl adjacent to an activating group) is 1. The van der Waals surface area contributed by atoms with Crippen LogP contribution in [0.25, 0.3) is 11.3 Å². The molecule has 0 aliphatic carbocycles. The predicted octanol–water partition coefficient (Wildman–Crippen LogP) is 0.564. The van der Waals surface area contributed by atoms with Gasteiger partial charge in [-0.15, -0.1) is 0 Å². The Hall–Kier alpha value is -3.81. The molecule has 12 nitrogen and oxygen atoms in total. The average Bonchev–Trinajstić information content (AvgIpc) is 3.31. The Bertz CT molecular complexity index is 1330. The number of benzene rings is 1. The summed E-state index contributed by atoms with van der Waals surface area (Å²) in [6.45, 7) is 2.65. The van der Waals surface area contributed by atoms with Crippen LogP contribution < -0.4 is 10.6 Å². The van der Waals surface area contributed by atoms with Crippen LogP contribution in [-0.2, 0) is 28.4 Å². The van der Waals surface area contributed by atoms with E-state index in [-0.39, 0.29) is 29.2 Å². The molecule has 2 aromatic rings. The fourth-order valence-corrected chi connectivity index (χ4v) is 6.28. The van der Waals surface area contributed by atoms with Crippen molar-refractivity contribution in [3.05, 3.63) is 54.2 Å². The van der Waals surface area contributed by atoms with Crippen LogP contribution in [0, 0.1) is 5.92 Å². The minimum absolute atomic E-state index is 0.00390. The molecular formula is C28H35BN4O8. The number of aliphatic hydroxyl groups excluding tert-OH is 1. The van der Waals surface area contributed by atoms with Gasteiger partial charge in [-0.05, 0) is 31.4 Å². The van der Waals surface area contributed by atoms with Crippen molar-refractivity contribution in [2.75, 3.05) is 20.3 Å². The third kappa shape index (κ3) is 4.87. The van der Waals surface area contributed by atoms with E-state index >= 15 is 0 Å². The van der Waals surface area contributed by atoms with E-state index in [2.05, 4.69) is 15.6 Å². The maximum Gasteiger partial charge on any atom is 0.606 e. The fraction of sp³-hybridized carbons (Fsp3) is 0.464. The number of aliphatic hydroxyl groups is 1. The van der Waals surface area contributed by atoms with Crippen molar-refractivity contribution in [1.29, 1.82) is 0 Å². The molecule has 3 fully saturated rings. The van der Waals surface area contributed by atoms with E-state index in [1.807, 2.05) is 44.2 Å². The van der Waals surface area contributed by atoms with Crippen LogP contribution in [0.15, 0.2) is 48.5 Å². The lowest BCUT2D eigenvalue weighted by Crippen LogP contribution is -2.77. The summed E-state index contributed by atoms with van der Waals surface area (Å²) < 4.78 is 17.1. The van der Waals surface area contributed by atoms with E-state index in [0.29, 0.717) is 12.1 Å². The molecule has 0 radical (unpaired) electrons. The Kier molecular flexibility index (Phi) is 7.62. The van der Waals surface area contributed by atoms with Crippen molar-refractivity contribution in [2.45, 2.75) is 57.4 Å². The highest BCUT2D eigenvalue weighted by Gasteiger charge is 2.77. The van der Waals surface area contributed by atoms with E-state index in [0.717, 1.165) is 5.56 Å². The van der Waals surface area contributed by atoms with Crippen LogP contribution in [0.4, 0.5) is 0 Å². The lowest BCUT2D eigenvalue weighted by atomic mass is 9.56. The van der Waals surface area contributed by atoms with Crippen molar-refractivity contribution in [3.63, 3.8) is 0 Å². The zero-order valence-electron chi connectivity index (χ0n) is 23.5. The number of quaternary nitrogens is 1. The van der Waals surface area contributed by atoms with Gasteiger partial charge in [0.15, 0.2) is 12.1 Å². The van der Waals surface area contributed by atoms with Gasteiger partial charge in [0, 0.05) is 12.6 Å². The molecule has 1 aromatic carbocycles. The van der Waals surface area contributed by atoms with Crippen LogP contribution in [0.1, 0.15) is 37.7 Å². The number of nitrogens with one attached hydrogen (secondary N) is 2. The van der Waals surface area contributed by atoms with Gasteiger partial charge in [-0.3, -0.25) is 9.59 Å². The Morgan fingerprint density at radius 3 is 2.22 bits per heavy atom. The normalized spacial score (nSPS) is 28.7. The molecule has 3 aliphatic rings. The zero-order chi connectivity index (χ0) is 29.5. The number of carbonyl (C=O) groups is 4. The van der Waals surface area contributed by atoms with E-state index in [1.165, 1.54) is 13.0 Å². The van der Waals surface area contributed by atoms with Crippen LogP contribution in [0.3, 0.4) is 0 Å². The van der Waals surface area contributed by atoms with Crippen molar-refractivity contribution in [3.8, 4) is 11.3 Å². The number of pyridine rings is 1. The highest BCUT2D eigenvalue weighted by atomic mass is 16.7. The maximum atomic E-state index is 13.7. The van der Waals surface area contributed by atoms with Gasteiger partial charge < -0.3 is 34.2 Å². The summed E-state index contributed by atoms with van der Waals surface area (Å²) in [6.07, 6.45) is -0.978. The molecule has 0 spiro atoms. The Morgan fingerprint density at radius 2 is 1.63 bits per heavy atom. The first kappa shape index (κ1) is 28.7. The quantitative estimate of drug-likeness (QED) is 0.370. The molecule has 2 amide bonds. The van der Waals surface area contributed by atoms with Gasteiger partial charge in [0.25, 0.3) is 5.91 Å². The molecule has 3 N–H and O–H groups in total. The van der Waals surface area contributed by atoms with E-state index in [1.54, 1.807) is 19.2 Å². The largest absolute Gasteiger partial charge is 0.606 e. The summed E-state index contributed by atoms with van der Waals surface area (Å²) in [7, 11) is 1.73. The number of rotatable bonds is 9. The summed E-state index contributed by atoms with van der Waals surface area (Å²) in [6, 6.07) is 11.4. The number of hydrogen-bond donors (Lipinski definition) is 3. The van der Waals surface area contributed by atoms with E-state index < -0.39 is 60.6 Å². The zero-order valence-corrected chi connectivity index (χ0v) is 23.5.